The lowest BCUT2D eigenvalue weighted by molar-refractivity contribution is -0.147. The Morgan fingerprint density at radius 3 is 2.55 bits per heavy atom. The first-order chi connectivity index (χ1) is 5.09. The monoisotopic (exact) mass is 179 g/mol. The molecule has 1 unspecified atom stereocenters. The molecular weight excluding hydrogens is 170 g/mol. The molecule has 0 aromatic rings. The molecule has 0 bridgehead atoms. The maximum atomic E-state index is 10.2. The van der Waals surface area contributed by atoms with Gasteiger partial charge in [0.15, 0.2) is 11.1 Å². The summed E-state index contributed by atoms with van der Waals surface area (Å²) in [5.41, 5.74) is 0. The van der Waals surface area contributed by atoms with Gasteiger partial charge in [0.2, 0.25) is 0 Å². The van der Waals surface area contributed by atoms with Gasteiger partial charge in [-0.1, -0.05) is 0 Å². The number of carboxylic acid groups (broad SMARTS) is 1. The van der Waals surface area contributed by atoms with Crippen LogP contribution in [0.5, 0.6) is 0 Å². The first-order valence-corrected chi connectivity index (χ1v) is 4.40. The van der Waals surface area contributed by atoms with Gasteiger partial charge in [-0.05, 0) is 0 Å². The van der Waals surface area contributed by atoms with Crippen LogP contribution in [0.15, 0.2) is 0 Å². The fourth-order valence-corrected chi connectivity index (χ4v) is 1.51. The number of carbonyl (C=O) groups is 1. The average Bonchev–Trinajstić information content (AvgIpc) is 1.75. The second kappa shape index (κ2) is 3.29. The lowest BCUT2D eigenvalue weighted by atomic mass is 10.0. The van der Waals surface area contributed by atoms with Crippen molar-refractivity contribution >= 4 is 17.0 Å². The first-order valence-electron chi connectivity index (χ1n) is 3.12. The second-order valence-corrected chi connectivity index (χ2v) is 3.42. The summed E-state index contributed by atoms with van der Waals surface area (Å²) < 4.78 is 18.6. The maximum absolute atomic E-state index is 10.2. The average molecular weight is 179 g/mol. The molecule has 0 spiro atoms. The summed E-state index contributed by atoms with van der Waals surface area (Å²) in [6.45, 7) is 0.781. The number of hydrogen-bond acceptors (Lipinski definition) is 3. The van der Waals surface area contributed by atoms with Gasteiger partial charge in [0, 0.05) is 13.1 Å². The Morgan fingerprint density at radius 2 is 2.18 bits per heavy atom. The van der Waals surface area contributed by atoms with Gasteiger partial charge >= 0.3 is 5.97 Å². The van der Waals surface area contributed by atoms with E-state index in [2.05, 4.69) is 0 Å². The molecule has 0 radical (unpaired) electrons. The number of likely N-dealkylation sites (tertiary alicyclic amines) is 1. The van der Waals surface area contributed by atoms with Crippen LogP contribution in [0.4, 0.5) is 0 Å². The number of rotatable bonds is 3. The molecule has 1 aliphatic rings. The minimum absolute atomic E-state index is 0.0593. The van der Waals surface area contributed by atoms with Gasteiger partial charge in [-0.25, -0.2) is 4.21 Å². The van der Waals surface area contributed by atoms with Gasteiger partial charge in [-0.2, -0.15) is 0 Å². The predicted molar refractivity (Wildman–Crippen MR) is 38.3 cm³/mol. The van der Waals surface area contributed by atoms with Crippen LogP contribution in [0, 0.1) is 5.92 Å². The summed E-state index contributed by atoms with van der Waals surface area (Å²) in [7, 11) is 0. The Kier molecular flexibility index (Phi) is 2.58. The Hall–Kier alpha value is -0.460. The predicted octanol–water partition coefficient (Wildman–Crippen LogP) is -0.818. The number of carboxylic acids is 1. The summed E-state index contributed by atoms with van der Waals surface area (Å²) >= 11 is -1.84. The third kappa shape index (κ3) is 2.25. The molecule has 64 valence electrons. The molecule has 1 saturated heterocycles. The van der Waals surface area contributed by atoms with E-state index in [1.807, 2.05) is 0 Å². The zero-order chi connectivity index (χ0) is 8.43. The second-order valence-electron chi connectivity index (χ2n) is 2.52. The van der Waals surface area contributed by atoms with Crippen LogP contribution in [0.1, 0.15) is 0 Å². The molecule has 0 aliphatic carbocycles. The van der Waals surface area contributed by atoms with Crippen molar-refractivity contribution in [2.24, 2.45) is 5.92 Å². The molecule has 11 heavy (non-hydrogen) atoms. The molecule has 2 N–H and O–H groups in total. The van der Waals surface area contributed by atoms with Crippen LogP contribution in [-0.4, -0.2) is 43.7 Å². The summed E-state index contributed by atoms with van der Waals surface area (Å²) in [6.07, 6.45) is 0. The van der Waals surface area contributed by atoms with Gasteiger partial charge in [0.25, 0.3) is 0 Å². The lowest BCUT2D eigenvalue weighted by Gasteiger charge is -2.35. The van der Waals surface area contributed by atoms with Crippen LogP contribution in [0.25, 0.3) is 0 Å². The van der Waals surface area contributed by atoms with E-state index >= 15 is 0 Å². The smallest absolute Gasteiger partial charge is 0.309 e. The third-order valence-electron chi connectivity index (χ3n) is 1.60. The van der Waals surface area contributed by atoms with Crippen molar-refractivity contribution in [1.82, 2.24) is 4.90 Å². The molecule has 5 nitrogen and oxygen atoms in total. The van der Waals surface area contributed by atoms with Crippen LogP contribution < -0.4 is 0 Å². The highest BCUT2D eigenvalue weighted by Crippen LogP contribution is 2.14. The molecular formula is C5H9NO4S. The Labute approximate surface area is 66.3 Å². The highest BCUT2D eigenvalue weighted by molar-refractivity contribution is 7.79. The molecule has 1 heterocycles. The Morgan fingerprint density at radius 1 is 1.64 bits per heavy atom. The fourth-order valence-electron chi connectivity index (χ4n) is 0.988. The van der Waals surface area contributed by atoms with Crippen molar-refractivity contribution in [1.29, 1.82) is 0 Å². The van der Waals surface area contributed by atoms with Crippen LogP contribution in [0.2, 0.25) is 0 Å². The van der Waals surface area contributed by atoms with E-state index in [1.165, 1.54) is 0 Å². The molecule has 6 heteroatoms. The van der Waals surface area contributed by atoms with E-state index < -0.39 is 17.0 Å². The molecule has 1 fully saturated rings. The minimum Gasteiger partial charge on any atom is -0.481 e. The highest BCUT2D eigenvalue weighted by atomic mass is 32.2. The lowest BCUT2D eigenvalue weighted by Crippen LogP contribution is -2.51. The fraction of sp³-hybridized carbons (Fsp3) is 0.800. The van der Waals surface area contributed by atoms with Gasteiger partial charge in [0.05, 0.1) is 5.92 Å². The van der Waals surface area contributed by atoms with Crippen molar-refractivity contribution in [2.75, 3.05) is 19.0 Å². The maximum Gasteiger partial charge on any atom is 0.309 e. The highest BCUT2D eigenvalue weighted by Gasteiger charge is 2.32. The van der Waals surface area contributed by atoms with E-state index in [-0.39, 0.29) is 11.8 Å². The zero-order valence-electron chi connectivity index (χ0n) is 5.77. The molecule has 0 amide bonds. The number of hydrogen-bond donors (Lipinski definition) is 2. The van der Waals surface area contributed by atoms with Gasteiger partial charge in [-0.15, -0.1) is 0 Å². The molecule has 0 aromatic heterocycles. The number of nitrogens with zero attached hydrogens (tertiary/aromatic N) is 1. The van der Waals surface area contributed by atoms with E-state index in [9.17, 15) is 9.00 Å². The van der Waals surface area contributed by atoms with Crippen molar-refractivity contribution < 1.29 is 18.7 Å². The van der Waals surface area contributed by atoms with Crippen molar-refractivity contribution in [3.63, 3.8) is 0 Å². The number of aliphatic carboxylic acids is 1. The molecule has 0 saturated carbocycles. The molecule has 1 atom stereocenters. The van der Waals surface area contributed by atoms with Crippen LogP contribution >= 0.6 is 0 Å². The van der Waals surface area contributed by atoms with E-state index in [1.54, 1.807) is 4.90 Å². The van der Waals surface area contributed by atoms with Crippen molar-refractivity contribution in [2.45, 2.75) is 0 Å². The van der Waals surface area contributed by atoms with Crippen LogP contribution in [0.3, 0.4) is 0 Å². The summed E-state index contributed by atoms with van der Waals surface area (Å²) in [5.74, 6) is -1.12. The minimum atomic E-state index is -1.84. The van der Waals surface area contributed by atoms with E-state index in [4.69, 9.17) is 9.66 Å². The van der Waals surface area contributed by atoms with E-state index in [0.717, 1.165) is 0 Å². The summed E-state index contributed by atoms with van der Waals surface area (Å²) in [5, 5.41) is 8.42. The summed E-state index contributed by atoms with van der Waals surface area (Å²) in [6, 6.07) is 0. The first kappa shape index (κ1) is 8.63. The van der Waals surface area contributed by atoms with Crippen LogP contribution in [-0.2, 0) is 15.9 Å². The standard InChI is InChI=1S/C5H9NO4S/c7-5(8)4-1-6(2-4)3-11(9)10/h4H,1-3H2,(H,7,8)(H,9,10). The quantitative estimate of drug-likeness (QED) is 0.553. The van der Waals surface area contributed by atoms with Gasteiger partial charge in [-0.3, -0.25) is 9.69 Å². The van der Waals surface area contributed by atoms with Crippen molar-refractivity contribution in [3.05, 3.63) is 0 Å². The van der Waals surface area contributed by atoms with E-state index in [0.29, 0.717) is 13.1 Å². The van der Waals surface area contributed by atoms with Gasteiger partial charge in [0.1, 0.15) is 5.88 Å². The molecule has 1 aliphatic heterocycles. The third-order valence-corrected chi connectivity index (χ3v) is 2.19. The zero-order valence-corrected chi connectivity index (χ0v) is 6.58. The SMILES string of the molecule is O=C(O)C1CN(CS(=O)O)C1. The molecule has 0 aromatic carbocycles. The largest absolute Gasteiger partial charge is 0.481 e. The topological polar surface area (TPSA) is 77.8 Å². The summed E-state index contributed by atoms with van der Waals surface area (Å²) in [4.78, 5) is 11.9. The Bertz CT molecular complexity index is 189. The van der Waals surface area contributed by atoms with Gasteiger partial charge < -0.3 is 9.66 Å². The van der Waals surface area contributed by atoms with Crippen molar-refractivity contribution in [3.8, 4) is 0 Å². The normalized spacial score (nSPS) is 22.6. The molecule has 1 rings (SSSR count). The Balaban J connectivity index is 2.19.